The Morgan fingerprint density at radius 3 is 2.21 bits per heavy atom. The van der Waals surface area contributed by atoms with Gasteiger partial charge in [-0.1, -0.05) is 51.4 Å². The van der Waals surface area contributed by atoms with Crippen LogP contribution in [0.5, 0.6) is 0 Å². The normalized spacial score (nSPS) is 30.0. The maximum absolute atomic E-state index is 12.8. The lowest BCUT2D eigenvalue weighted by molar-refractivity contribution is -0.133. The van der Waals surface area contributed by atoms with E-state index in [0.29, 0.717) is 18.4 Å². The van der Waals surface area contributed by atoms with Crippen molar-refractivity contribution in [3.05, 3.63) is 0 Å². The third-order valence-corrected chi connectivity index (χ3v) is 6.20. The summed E-state index contributed by atoms with van der Waals surface area (Å²) in [6.07, 6.45) is 13.6. The van der Waals surface area contributed by atoms with Crippen molar-refractivity contribution >= 4 is 11.9 Å². The molecule has 1 heterocycles. The standard InChI is InChI=1S/C19H33N3O2/c1-22-17(23)19(21-18(22)20,12-15-8-4-2-5-9-15)14-24-13-16-10-6-3-7-11-16/h15-16H,2-14H2,1H3,(H2,20,21). The van der Waals surface area contributed by atoms with E-state index >= 15 is 0 Å². The summed E-state index contributed by atoms with van der Waals surface area (Å²) in [5.41, 5.74) is -0.706. The van der Waals surface area contributed by atoms with Gasteiger partial charge in [-0.05, 0) is 31.1 Å². The van der Waals surface area contributed by atoms with Gasteiger partial charge in [0, 0.05) is 13.7 Å². The van der Waals surface area contributed by atoms with Gasteiger partial charge in [-0.3, -0.25) is 15.1 Å². The zero-order valence-electron chi connectivity index (χ0n) is 15.1. The quantitative estimate of drug-likeness (QED) is 0.783. The first-order chi connectivity index (χ1) is 11.6. The van der Waals surface area contributed by atoms with Gasteiger partial charge in [0.25, 0.3) is 5.91 Å². The number of carbonyl (C=O) groups is 1. The predicted molar refractivity (Wildman–Crippen MR) is 94.9 cm³/mol. The van der Waals surface area contributed by atoms with Gasteiger partial charge in [-0.25, -0.2) is 0 Å². The summed E-state index contributed by atoms with van der Waals surface area (Å²) in [4.78, 5) is 14.3. The number of rotatable bonds is 6. The fourth-order valence-corrected chi connectivity index (χ4v) is 4.72. The molecule has 3 aliphatic rings. The molecule has 0 bridgehead atoms. The third kappa shape index (κ3) is 3.93. The van der Waals surface area contributed by atoms with Crippen molar-refractivity contribution in [3.63, 3.8) is 0 Å². The average molecular weight is 335 g/mol. The zero-order valence-corrected chi connectivity index (χ0v) is 15.1. The van der Waals surface area contributed by atoms with Crippen LogP contribution in [0.15, 0.2) is 0 Å². The SMILES string of the molecule is CN1C(=N)NC(COCC2CCCCC2)(CC2CCCCC2)C1=O. The Balaban J connectivity index is 1.61. The molecule has 24 heavy (non-hydrogen) atoms. The van der Waals surface area contributed by atoms with Gasteiger partial charge in [0.1, 0.15) is 5.54 Å². The summed E-state index contributed by atoms with van der Waals surface area (Å²) in [5, 5.41) is 11.2. The monoisotopic (exact) mass is 335 g/mol. The maximum atomic E-state index is 12.8. The highest BCUT2D eigenvalue weighted by Gasteiger charge is 2.49. The molecule has 0 aromatic heterocycles. The van der Waals surface area contributed by atoms with Gasteiger partial charge in [0.15, 0.2) is 5.96 Å². The number of nitrogens with one attached hydrogen (secondary N) is 2. The first-order valence-corrected chi connectivity index (χ1v) is 9.83. The van der Waals surface area contributed by atoms with Gasteiger partial charge >= 0.3 is 0 Å². The predicted octanol–water partition coefficient (Wildman–Crippen LogP) is 3.29. The number of nitrogens with zero attached hydrogens (tertiary/aromatic N) is 1. The van der Waals surface area contributed by atoms with E-state index in [4.69, 9.17) is 10.1 Å². The highest BCUT2D eigenvalue weighted by atomic mass is 16.5. The molecule has 3 fully saturated rings. The van der Waals surface area contributed by atoms with E-state index < -0.39 is 5.54 Å². The smallest absolute Gasteiger partial charge is 0.257 e. The van der Waals surface area contributed by atoms with Crippen LogP contribution in [0.3, 0.4) is 0 Å². The van der Waals surface area contributed by atoms with E-state index in [0.717, 1.165) is 13.0 Å². The minimum Gasteiger partial charge on any atom is -0.378 e. The number of likely N-dealkylation sites (N-methyl/N-ethyl adjacent to an activating group) is 1. The lowest BCUT2D eigenvalue weighted by Gasteiger charge is -2.33. The lowest BCUT2D eigenvalue weighted by Crippen LogP contribution is -2.52. The molecule has 1 amide bonds. The molecule has 5 nitrogen and oxygen atoms in total. The zero-order chi connectivity index (χ0) is 17.0. The summed E-state index contributed by atoms with van der Waals surface area (Å²) < 4.78 is 6.06. The molecule has 2 aliphatic carbocycles. The van der Waals surface area contributed by atoms with E-state index in [9.17, 15) is 4.79 Å². The molecule has 0 radical (unpaired) electrons. The molecule has 0 aromatic carbocycles. The van der Waals surface area contributed by atoms with E-state index in [1.54, 1.807) is 7.05 Å². The molecule has 5 heteroatoms. The lowest BCUT2D eigenvalue weighted by atomic mass is 9.79. The molecular weight excluding hydrogens is 302 g/mol. The first-order valence-electron chi connectivity index (χ1n) is 9.83. The minimum absolute atomic E-state index is 0.0155. The van der Waals surface area contributed by atoms with E-state index in [-0.39, 0.29) is 11.9 Å². The van der Waals surface area contributed by atoms with Crippen LogP contribution in [0.25, 0.3) is 0 Å². The fourth-order valence-electron chi connectivity index (χ4n) is 4.72. The molecule has 136 valence electrons. The Morgan fingerprint density at radius 2 is 1.67 bits per heavy atom. The van der Waals surface area contributed by atoms with Crippen LogP contribution in [0.4, 0.5) is 0 Å². The molecule has 1 unspecified atom stereocenters. The molecule has 3 rings (SSSR count). The first kappa shape index (κ1) is 17.7. The van der Waals surface area contributed by atoms with Gasteiger partial charge < -0.3 is 10.1 Å². The van der Waals surface area contributed by atoms with E-state index in [1.807, 2.05) is 0 Å². The second-order valence-corrected chi connectivity index (χ2v) is 8.15. The van der Waals surface area contributed by atoms with Crippen molar-refractivity contribution in [3.8, 4) is 0 Å². The van der Waals surface area contributed by atoms with Crippen LogP contribution in [-0.4, -0.2) is 42.6 Å². The third-order valence-electron chi connectivity index (χ3n) is 6.20. The second kappa shape index (κ2) is 7.85. The largest absolute Gasteiger partial charge is 0.378 e. The second-order valence-electron chi connectivity index (χ2n) is 8.15. The number of guanidine groups is 1. The number of hydrogen-bond acceptors (Lipinski definition) is 3. The van der Waals surface area contributed by atoms with Gasteiger partial charge in [0.2, 0.25) is 0 Å². The van der Waals surface area contributed by atoms with Crippen molar-refractivity contribution in [2.45, 2.75) is 76.2 Å². The Labute approximate surface area is 146 Å². The molecular formula is C19H33N3O2. The topological polar surface area (TPSA) is 65.4 Å². The van der Waals surface area contributed by atoms with E-state index in [1.165, 1.54) is 69.1 Å². The summed E-state index contributed by atoms with van der Waals surface area (Å²) in [6, 6.07) is 0. The van der Waals surface area contributed by atoms with Crippen molar-refractivity contribution in [1.82, 2.24) is 10.2 Å². The molecule has 0 spiro atoms. The van der Waals surface area contributed by atoms with Crippen LogP contribution >= 0.6 is 0 Å². The molecule has 1 atom stereocenters. The fraction of sp³-hybridized carbons (Fsp3) is 0.895. The van der Waals surface area contributed by atoms with Crippen LogP contribution < -0.4 is 5.32 Å². The van der Waals surface area contributed by atoms with Gasteiger partial charge in [-0.15, -0.1) is 0 Å². The number of carbonyl (C=O) groups excluding carboxylic acids is 1. The van der Waals surface area contributed by atoms with E-state index in [2.05, 4.69) is 5.32 Å². The number of hydrogen-bond donors (Lipinski definition) is 2. The average Bonchev–Trinajstić information content (AvgIpc) is 2.81. The summed E-state index contributed by atoms with van der Waals surface area (Å²) >= 11 is 0. The van der Waals surface area contributed by atoms with Crippen molar-refractivity contribution < 1.29 is 9.53 Å². The summed E-state index contributed by atoms with van der Waals surface area (Å²) in [5.74, 6) is 1.46. The van der Waals surface area contributed by atoms with Crippen LogP contribution in [0.2, 0.25) is 0 Å². The molecule has 2 N–H and O–H groups in total. The summed E-state index contributed by atoms with van der Waals surface area (Å²) in [6.45, 7) is 1.17. The highest BCUT2D eigenvalue weighted by molar-refractivity contribution is 6.07. The van der Waals surface area contributed by atoms with Crippen LogP contribution in [0, 0.1) is 17.2 Å². The van der Waals surface area contributed by atoms with Crippen molar-refractivity contribution in [2.24, 2.45) is 11.8 Å². The van der Waals surface area contributed by atoms with Crippen molar-refractivity contribution in [2.75, 3.05) is 20.3 Å². The Kier molecular flexibility index (Phi) is 5.80. The number of ether oxygens (including phenoxy) is 1. The molecule has 0 aromatic rings. The Morgan fingerprint density at radius 1 is 1.08 bits per heavy atom. The van der Waals surface area contributed by atoms with Gasteiger partial charge in [-0.2, -0.15) is 0 Å². The maximum Gasteiger partial charge on any atom is 0.257 e. The number of amides is 1. The van der Waals surface area contributed by atoms with Gasteiger partial charge in [0.05, 0.1) is 6.61 Å². The van der Waals surface area contributed by atoms with Crippen molar-refractivity contribution in [1.29, 1.82) is 5.41 Å². The van der Waals surface area contributed by atoms with Crippen LogP contribution in [-0.2, 0) is 9.53 Å². The molecule has 1 saturated heterocycles. The summed E-state index contributed by atoms with van der Waals surface area (Å²) in [7, 11) is 1.70. The highest BCUT2D eigenvalue weighted by Crippen LogP contribution is 2.34. The Hall–Kier alpha value is -1.10. The molecule has 2 saturated carbocycles. The van der Waals surface area contributed by atoms with Crippen LogP contribution in [0.1, 0.15) is 70.6 Å². The minimum atomic E-state index is -0.706. The Bertz CT molecular complexity index is 456. The molecule has 1 aliphatic heterocycles.